The van der Waals surface area contributed by atoms with Crippen molar-refractivity contribution in [2.75, 3.05) is 53.4 Å². The first-order valence-electron chi connectivity index (χ1n) is 7.69. The molecule has 2 amide bonds. The normalized spacial score (nSPS) is 16.1. The van der Waals surface area contributed by atoms with Crippen molar-refractivity contribution in [3.8, 4) is 0 Å². The van der Waals surface area contributed by atoms with Crippen molar-refractivity contribution < 1.29 is 4.79 Å². The summed E-state index contributed by atoms with van der Waals surface area (Å²) < 4.78 is 0. The van der Waals surface area contributed by atoms with Gasteiger partial charge in [-0.05, 0) is 25.7 Å². The molecule has 122 valence electrons. The van der Waals surface area contributed by atoms with Gasteiger partial charge < -0.3 is 15.1 Å². The van der Waals surface area contributed by atoms with Crippen LogP contribution in [-0.2, 0) is 6.54 Å². The molecule has 5 nitrogen and oxygen atoms in total. The van der Waals surface area contributed by atoms with Gasteiger partial charge in [0.1, 0.15) is 0 Å². The Labute approximate surface area is 137 Å². The van der Waals surface area contributed by atoms with Gasteiger partial charge in [-0.3, -0.25) is 4.90 Å². The third kappa shape index (κ3) is 5.16. The number of nitrogens with zero attached hydrogens (tertiary/aromatic N) is 3. The average Bonchev–Trinajstić information content (AvgIpc) is 2.50. The minimum atomic E-state index is 0.0410. The minimum absolute atomic E-state index is 0.0410. The number of amides is 2. The van der Waals surface area contributed by atoms with Gasteiger partial charge in [0, 0.05) is 50.8 Å². The first-order chi connectivity index (χ1) is 10.6. The van der Waals surface area contributed by atoms with Crippen molar-refractivity contribution in [1.29, 1.82) is 0 Å². The highest BCUT2D eigenvalue weighted by Crippen LogP contribution is 2.17. The number of rotatable bonds is 5. The van der Waals surface area contributed by atoms with E-state index in [0.29, 0.717) is 6.54 Å². The van der Waals surface area contributed by atoms with Crippen LogP contribution < -0.4 is 5.32 Å². The lowest BCUT2D eigenvalue weighted by Crippen LogP contribution is -2.52. The smallest absolute Gasteiger partial charge is 0.317 e. The summed E-state index contributed by atoms with van der Waals surface area (Å²) in [6.07, 6.45) is 0. The van der Waals surface area contributed by atoms with Crippen LogP contribution in [0.5, 0.6) is 0 Å². The Morgan fingerprint density at radius 3 is 2.55 bits per heavy atom. The van der Waals surface area contributed by atoms with Crippen LogP contribution in [0.15, 0.2) is 24.3 Å². The van der Waals surface area contributed by atoms with Gasteiger partial charge >= 0.3 is 6.03 Å². The Balaban J connectivity index is 1.73. The standard InChI is InChI=1S/C16H25ClN4O/c1-19(2)8-7-18-16(22)21-11-9-20(10-12-21)13-14-5-3-4-6-15(14)17/h3-6H,7-13H2,1-2H3,(H,18,22). The maximum Gasteiger partial charge on any atom is 0.317 e. The lowest BCUT2D eigenvalue weighted by atomic mass is 10.2. The summed E-state index contributed by atoms with van der Waals surface area (Å²) >= 11 is 6.20. The number of benzene rings is 1. The zero-order valence-corrected chi connectivity index (χ0v) is 14.1. The Morgan fingerprint density at radius 1 is 1.23 bits per heavy atom. The Kier molecular flexibility index (Phi) is 6.49. The molecule has 0 aliphatic carbocycles. The van der Waals surface area contributed by atoms with Gasteiger partial charge in [0.2, 0.25) is 0 Å². The molecule has 1 aromatic carbocycles. The zero-order valence-electron chi connectivity index (χ0n) is 13.4. The molecule has 0 saturated carbocycles. The van der Waals surface area contributed by atoms with Crippen LogP contribution in [0, 0.1) is 0 Å². The van der Waals surface area contributed by atoms with Gasteiger partial charge in [-0.15, -0.1) is 0 Å². The number of carbonyl (C=O) groups is 1. The highest BCUT2D eigenvalue weighted by atomic mass is 35.5. The molecule has 0 atom stereocenters. The number of carbonyl (C=O) groups excluding carboxylic acids is 1. The van der Waals surface area contributed by atoms with Crippen LogP contribution in [0.4, 0.5) is 4.79 Å². The second-order valence-corrected chi connectivity index (χ2v) is 6.30. The van der Waals surface area contributed by atoms with Crippen LogP contribution in [0.3, 0.4) is 0 Å². The molecule has 1 heterocycles. The molecule has 2 rings (SSSR count). The third-order valence-corrected chi connectivity index (χ3v) is 4.22. The molecule has 0 aromatic heterocycles. The van der Waals surface area contributed by atoms with E-state index in [1.54, 1.807) is 0 Å². The van der Waals surface area contributed by atoms with E-state index in [0.717, 1.165) is 49.9 Å². The first kappa shape index (κ1) is 17.1. The number of likely N-dealkylation sites (N-methyl/N-ethyl adjacent to an activating group) is 1. The molecule has 6 heteroatoms. The Hall–Kier alpha value is -1.30. The monoisotopic (exact) mass is 324 g/mol. The lowest BCUT2D eigenvalue weighted by Gasteiger charge is -2.34. The van der Waals surface area contributed by atoms with Gasteiger partial charge in [-0.25, -0.2) is 4.79 Å². The molecule has 0 bridgehead atoms. The van der Waals surface area contributed by atoms with Gasteiger partial charge in [0.15, 0.2) is 0 Å². The van der Waals surface area contributed by atoms with E-state index < -0.39 is 0 Å². The fourth-order valence-corrected chi connectivity index (χ4v) is 2.67. The number of urea groups is 1. The molecule has 1 saturated heterocycles. The molecule has 1 aliphatic rings. The molecule has 1 aliphatic heterocycles. The highest BCUT2D eigenvalue weighted by Gasteiger charge is 2.21. The number of hydrogen-bond acceptors (Lipinski definition) is 3. The second kappa shape index (κ2) is 8.36. The van der Waals surface area contributed by atoms with Gasteiger partial charge in [-0.2, -0.15) is 0 Å². The predicted octanol–water partition coefficient (Wildman–Crippen LogP) is 1.73. The largest absolute Gasteiger partial charge is 0.337 e. The summed E-state index contributed by atoms with van der Waals surface area (Å²) in [5.74, 6) is 0. The van der Waals surface area contributed by atoms with E-state index in [1.807, 2.05) is 37.2 Å². The van der Waals surface area contributed by atoms with Crippen molar-refractivity contribution >= 4 is 17.6 Å². The number of piperazine rings is 1. The zero-order chi connectivity index (χ0) is 15.9. The van der Waals surface area contributed by atoms with E-state index >= 15 is 0 Å². The molecule has 22 heavy (non-hydrogen) atoms. The first-order valence-corrected chi connectivity index (χ1v) is 8.07. The lowest BCUT2D eigenvalue weighted by molar-refractivity contribution is 0.135. The molecule has 0 unspecified atom stereocenters. The van der Waals surface area contributed by atoms with Crippen LogP contribution in [-0.4, -0.2) is 74.1 Å². The van der Waals surface area contributed by atoms with Gasteiger partial charge in [0.05, 0.1) is 0 Å². The minimum Gasteiger partial charge on any atom is -0.337 e. The third-order valence-electron chi connectivity index (χ3n) is 3.85. The van der Waals surface area contributed by atoms with E-state index in [9.17, 15) is 4.79 Å². The van der Waals surface area contributed by atoms with E-state index in [2.05, 4.69) is 21.2 Å². The molecule has 0 radical (unpaired) electrons. The van der Waals surface area contributed by atoms with E-state index in [-0.39, 0.29) is 6.03 Å². The molecule has 0 spiro atoms. The van der Waals surface area contributed by atoms with Crippen LogP contribution >= 0.6 is 11.6 Å². The summed E-state index contributed by atoms with van der Waals surface area (Å²) in [6, 6.07) is 7.98. The maximum atomic E-state index is 12.1. The molecule has 1 fully saturated rings. The van der Waals surface area contributed by atoms with Crippen molar-refractivity contribution in [3.63, 3.8) is 0 Å². The van der Waals surface area contributed by atoms with Gasteiger partial charge in [-0.1, -0.05) is 29.8 Å². The molecular formula is C16H25ClN4O. The number of halogens is 1. The summed E-state index contributed by atoms with van der Waals surface area (Å²) in [6.45, 7) is 5.68. The van der Waals surface area contributed by atoms with Crippen molar-refractivity contribution in [3.05, 3.63) is 34.9 Å². The molecular weight excluding hydrogens is 300 g/mol. The van der Waals surface area contributed by atoms with Crippen LogP contribution in [0.2, 0.25) is 5.02 Å². The quantitative estimate of drug-likeness (QED) is 0.896. The maximum absolute atomic E-state index is 12.1. The summed E-state index contributed by atoms with van der Waals surface area (Å²) in [4.78, 5) is 18.3. The van der Waals surface area contributed by atoms with Crippen molar-refractivity contribution in [1.82, 2.24) is 20.0 Å². The van der Waals surface area contributed by atoms with Crippen LogP contribution in [0.1, 0.15) is 5.56 Å². The molecule has 1 aromatic rings. The van der Waals surface area contributed by atoms with Crippen LogP contribution in [0.25, 0.3) is 0 Å². The van der Waals surface area contributed by atoms with Gasteiger partial charge in [0.25, 0.3) is 0 Å². The highest BCUT2D eigenvalue weighted by molar-refractivity contribution is 6.31. The average molecular weight is 325 g/mol. The second-order valence-electron chi connectivity index (χ2n) is 5.89. The Bertz CT molecular complexity index is 487. The molecule has 1 N–H and O–H groups in total. The van der Waals surface area contributed by atoms with Crippen molar-refractivity contribution in [2.45, 2.75) is 6.54 Å². The summed E-state index contributed by atoms with van der Waals surface area (Å²) in [7, 11) is 4.00. The fourth-order valence-electron chi connectivity index (χ4n) is 2.47. The Morgan fingerprint density at radius 2 is 1.91 bits per heavy atom. The fraction of sp³-hybridized carbons (Fsp3) is 0.562. The van der Waals surface area contributed by atoms with E-state index in [1.165, 1.54) is 0 Å². The topological polar surface area (TPSA) is 38.8 Å². The SMILES string of the molecule is CN(C)CCNC(=O)N1CCN(Cc2ccccc2Cl)CC1. The predicted molar refractivity (Wildman–Crippen MR) is 90.3 cm³/mol. The number of nitrogens with one attached hydrogen (secondary N) is 1. The van der Waals surface area contributed by atoms with E-state index in [4.69, 9.17) is 11.6 Å². The van der Waals surface area contributed by atoms with Crippen molar-refractivity contribution in [2.24, 2.45) is 0 Å². The summed E-state index contributed by atoms with van der Waals surface area (Å²) in [5.41, 5.74) is 1.15. The summed E-state index contributed by atoms with van der Waals surface area (Å²) in [5, 5.41) is 3.77. The number of hydrogen-bond donors (Lipinski definition) is 1.